The van der Waals surface area contributed by atoms with Crippen molar-refractivity contribution in [3.8, 4) is 0 Å². The first-order chi connectivity index (χ1) is 4.04. The van der Waals surface area contributed by atoms with Crippen LogP contribution in [-0.4, -0.2) is 45.2 Å². The normalized spacial score (nSPS) is 9.90. The summed E-state index contributed by atoms with van der Waals surface area (Å²) in [5.41, 5.74) is -0.178. The molecule has 0 atom stereocenters. The van der Waals surface area contributed by atoms with Gasteiger partial charge in [0, 0.05) is 11.6 Å². The van der Waals surface area contributed by atoms with Crippen LogP contribution >= 0.6 is 0 Å². The summed E-state index contributed by atoms with van der Waals surface area (Å²) in [6.07, 6.45) is 0.641. The van der Waals surface area contributed by atoms with Crippen LogP contribution in [0.25, 0.3) is 0 Å². The first kappa shape index (κ1) is 12.2. The molecule has 0 aliphatic heterocycles. The Kier molecular flexibility index (Phi) is 6.38. The molecule has 0 aromatic carbocycles. The Morgan fingerprint density at radius 2 is 1.80 bits per heavy atom. The summed E-state index contributed by atoms with van der Waals surface area (Å²) in [4.78, 5) is 19.7. The standard InChI is InChI=1S/C5H6O4.Mg.2H/c1-3(5(8)9)2-4(6)7;;;/h2H,1H3,(H,6,7)(H,8,9);;;/q;+2;2*-1/b3-2-;;;. The molecule has 0 rings (SSSR count). The van der Waals surface area contributed by atoms with Crippen molar-refractivity contribution < 1.29 is 22.7 Å². The van der Waals surface area contributed by atoms with E-state index in [-0.39, 0.29) is 31.5 Å². The van der Waals surface area contributed by atoms with Crippen LogP contribution in [0.2, 0.25) is 0 Å². The van der Waals surface area contributed by atoms with E-state index in [0.717, 1.165) is 0 Å². The van der Waals surface area contributed by atoms with Gasteiger partial charge in [-0.2, -0.15) is 0 Å². The fraction of sp³-hybridized carbons (Fsp3) is 0.200. The predicted molar refractivity (Wildman–Crippen MR) is 37.0 cm³/mol. The molecule has 4 nitrogen and oxygen atoms in total. The fourth-order valence-electron chi connectivity index (χ4n) is 0.247. The molecule has 0 spiro atoms. The van der Waals surface area contributed by atoms with Gasteiger partial charge < -0.3 is 13.1 Å². The average Bonchev–Trinajstić information content (AvgIpc) is 1.63. The van der Waals surface area contributed by atoms with Crippen molar-refractivity contribution in [1.29, 1.82) is 0 Å². The molecule has 5 heteroatoms. The summed E-state index contributed by atoms with van der Waals surface area (Å²) in [7, 11) is 0. The third kappa shape index (κ3) is 5.58. The number of rotatable bonds is 2. The molecule has 0 saturated carbocycles. The molecule has 0 aliphatic carbocycles. The van der Waals surface area contributed by atoms with Gasteiger partial charge in [0.1, 0.15) is 0 Å². The number of carbonyl (C=O) groups is 2. The molecule has 0 fully saturated rings. The minimum Gasteiger partial charge on any atom is -1.00 e. The second-order valence-corrected chi connectivity index (χ2v) is 1.47. The first-order valence-corrected chi connectivity index (χ1v) is 2.18. The average molecular weight is 156 g/mol. The van der Waals surface area contributed by atoms with Crippen molar-refractivity contribution >= 4 is 35.0 Å². The molecule has 54 valence electrons. The maximum atomic E-state index is 9.90. The third-order valence-electron chi connectivity index (χ3n) is 0.677. The summed E-state index contributed by atoms with van der Waals surface area (Å²) in [6, 6.07) is 0. The van der Waals surface area contributed by atoms with Crippen LogP contribution in [0.5, 0.6) is 0 Å². The van der Waals surface area contributed by atoms with Crippen LogP contribution in [-0.2, 0) is 9.59 Å². The SMILES string of the molecule is C/C(=C/C(=O)O)C(=O)O.[H-].[H-].[Mg+2]. The molecule has 0 bridgehead atoms. The summed E-state index contributed by atoms with van der Waals surface area (Å²) in [6.45, 7) is 1.22. The summed E-state index contributed by atoms with van der Waals surface area (Å²) < 4.78 is 0. The van der Waals surface area contributed by atoms with E-state index >= 15 is 0 Å². The van der Waals surface area contributed by atoms with E-state index < -0.39 is 11.9 Å². The molecular weight excluding hydrogens is 148 g/mol. The molecule has 0 aliphatic rings. The maximum absolute atomic E-state index is 9.90. The topological polar surface area (TPSA) is 74.6 Å². The maximum Gasteiger partial charge on any atom is 2.00 e. The van der Waals surface area contributed by atoms with Gasteiger partial charge in [0.2, 0.25) is 0 Å². The van der Waals surface area contributed by atoms with Crippen molar-refractivity contribution in [2.75, 3.05) is 0 Å². The van der Waals surface area contributed by atoms with E-state index in [1.807, 2.05) is 0 Å². The van der Waals surface area contributed by atoms with Gasteiger partial charge in [-0.1, -0.05) is 0 Å². The fourth-order valence-corrected chi connectivity index (χ4v) is 0.247. The monoisotopic (exact) mass is 156 g/mol. The van der Waals surface area contributed by atoms with Gasteiger partial charge in [0.25, 0.3) is 0 Å². The quantitative estimate of drug-likeness (QED) is 0.434. The number of hydrogen-bond donors (Lipinski definition) is 2. The van der Waals surface area contributed by atoms with Crippen molar-refractivity contribution in [2.24, 2.45) is 0 Å². The van der Waals surface area contributed by atoms with Gasteiger partial charge in [0.15, 0.2) is 0 Å². The van der Waals surface area contributed by atoms with Crippen LogP contribution < -0.4 is 0 Å². The molecule has 10 heavy (non-hydrogen) atoms. The second-order valence-electron chi connectivity index (χ2n) is 1.47. The number of hydrogen-bond acceptors (Lipinski definition) is 2. The second kappa shape index (κ2) is 5.25. The van der Waals surface area contributed by atoms with E-state index in [0.29, 0.717) is 6.08 Å². The molecule has 0 amide bonds. The Labute approximate surface area is 76.7 Å². The molecule has 0 unspecified atom stereocenters. The smallest absolute Gasteiger partial charge is 1.00 e. The van der Waals surface area contributed by atoms with E-state index in [4.69, 9.17) is 10.2 Å². The van der Waals surface area contributed by atoms with Crippen LogP contribution in [0.15, 0.2) is 11.6 Å². The van der Waals surface area contributed by atoms with Gasteiger partial charge in [-0.25, -0.2) is 9.59 Å². The molecule has 0 heterocycles. The van der Waals surface area contributed by atoms with Crippen molar-refractivity contribution in [3.63, 3.8) is 0 Å². The van der Waals surface area contributed by atoms with E-state index in [1.165, 1.54) is 6.92 Å². The van der Waals surface area contributed by atoms with Crippen LogP contribution in [0.1, 0.15) is 9.78 Å². The molecular formula is C5H8MgO4. The largest absolute Gasteiger partial charge is 2.00 e. The van der Waals surface area contributed by atoms with Gasteiger partial charge in [-0.05, 0) is 6.92 Å². The Bertz CT molecular complexity index is 180. The minimum absolute atomic E-state index is 0. The van der Waals surface area contributed by atoms with Crippen molar-refractivity contribution in [3.05, 3.63) is 11.6 Å². The van der Waals surface area contributed by atoms with Crippen LogP contribution in [0.3, 0.4) is 0 Å². The Morgan fingerprint density at radius 3 is 1.90 bits per heavy atom. The van der Waals surface area contributed by atoms with E-state index in [9.17, 15) is 9.59 Å². The Hall–Kier alpha value is -0.554. The van der Waals surface area contributed by atoms with Gasteiger partial charge in [-0.3, -0.25) is 0 Å². The Balaban J connectivity index is -0.000000107. The summed E-state index contributed by atoms with van der Waals surface area (Å²) >= 11 is 0. The summed E-state index contributed by atoms with van der Waals surface area (Å²) in [5, 5.41) is 16.1. The van der Waals surface area contributed by atoms with Crippen LogP contribution in [0.4, 0.5) is 0 Å². The minimum atomic E-state index is -1.24. The molecule has 0 radical (unpaired) electrons. The molecule has 2 N–H and O–H groups in total. The zero-order valence-electron chi connectivity index (χ0n) is 7.50. The zero-order valence-corrected chi connectivity index (χ0v) is 6.91. The Morgan fingerprint density at radius 1 is 1.40 bits per heavy atom. The number of aliphatic carboxylic acids is 2. The van der Waals surface area contributed by atoms with Crippen molar-refractivity contribution in [1.82, 2.24) is 0 Å². The van der Waals surface area contributed by atoms with Crippen molar-refractivity contribution in [2.45, 2.75) is 6.92 Å². The van der Waals surface area contributed by atoms with E-state index in [2.05, 4.69) is 0 Å². The first-order valence-electron chi connectivity index (χ1n) is 2.18. The third-order valence-corrected chi connectivity index (χ3v) is 0.677. The van der Waals surface area contributed by atoms with Gasteiger partial charge in [0.05, 0.1) is 0 Å². The van der Waals surface area contributed by atoms with Crippen LogP contribution in [0, 0.1) is 0 Å². The summed E-state index contributed by atoms with van der Waals surface area (Å²) in [5.74, 6) is -2.45. The number of carboxylic acid groups (broad SMARTS) is 2. The zero-order chi connectivity index (χ0) is 7.44. The van der Waals surface area contributed by atoms with Gasteiger partial charge >= 0.3 is 35.0 Å². The predicted octanol–water partition coefficient (Wildman–Crippen LogP) is -0.0539. The molecule has 0 saturated heterocycles. The molecule has 0 aromatic rings. The van der Waals surface area contributed by atoms with Gasteiger partial charge in [-0.15, -0.1) is 0 Å². The van der Waals surface area contributed by atoms with E-state index in [1.54, 1.807) is 0 Å². The number of carboxylic acids is 2. The molecule has 0 aromatic heterocycles.